The molecule has 3 heterocycles. The summed E-state index contributed by atoms with van der Waals surface area (Å²) in [7, 11) is 3.92. The topological polar surface area (TPSA) is 63.2 Å². The number of hydrogen-bond donors (Lipinski definition) is 1. The first-order chi connectivity index (χ1) is 13.5. The van der Waals surface area contributed by atoms with Crippen LogP contribution < -0.4 is 10.2 Å². The van der Waals surface area contributed by atoms with Crippen molar-refractivity contribution in [2.75, 3.05) is 37.5 Å². The van der Waals surface area contributed by atoms with Crippen molar-refractivity contribution in [2.45, 2.75) is 26.3 Å². The summed E-state index contributed by atoms with van der Waals surface area (Å²) in [6.45, 7) is 5.53. The monoisotopic (exact) mass is 377 g/mol. The fourth-order valence-corrected chi connectivity index (χ4v) is 3.71. The maximum absolute atomic E-state index is 5.84. The standard InChI is InChI=1S/C22H27N5O/c1-14-15(2)24-22(27(3)4)26-21(14)25-20-13-28-12-17(20)11-16-9-10-23-19-8-6-5-7-18(16)19/h5-10,17,20H,11-13H2,1-4H3,(H,24,25,26)/t17-,20-/m1/s1. The van der Waals surface area contributed by atoms with E-state index in [4.69, 9.17) is 9.72 Å². The highest BCUT2D eigenvalue weighted by molar-refractivity contribution is 5.81. The van der Waals surface area contributed by atoms with E-state index in [0.29, 0.717) is 12.5 Å². The van der Waals surface area contributed by atoms with Gasteiger partial charge in [-0.2, -0.15) is 4.98 Å². The van der Waals surface area contributed by atoms with E-state index >= 15 is 0 Å². The highest BCUT2D eigenvalue weighted by Gasteiger charge is 2.30. The lowest BCUT2D eigenvalue weighted by molar-refractivity contribution is 0.185. The smallest absolute Gasteiger partial charge is 0.227 e. The Morgan fingerprint density at radius 2 is 1.93 bits per heavy atom. The van der Waals surface area contributed by atoms with Crippen molar-refractivity contribution in [3.05, 3.63) is 53.3 Å². The molecule has 1 aliphatic rings. The summed E-state index contributed by atoms with van der Waals surface area (Å²) in [4.78, 5) is 15.7. The molecule has 6 heteroatoms. The summed E-state index contributed by atoms with van der Waals surface area (Å²) >= 11 is 0. The fraction of sp³-hybridized carbons (Fsp3) is 0.409. The summed E-state index contributed by atoms with van der Waals surface area (Å²) in [5.41, 5.74) is 4.45. The van der Waals surface area contributed by atoms with Gasteiger partial charge in [-0.15, -0.1) is 0 Å². The Morgan fingerprint density at radius 1 is 1.11 bits per heavy atom. The first-order valence-corrected chi connectivity index (χ1v) is 9.72. The number of hydrogen-bond acceptors (Lipinski definition) is 6. The highest BCUT2D eigenvalue weighted by atomic mass is 16.5. The Labute approximate surface area is 166 Å². The van der Waals surface area contributed by atoms with Crippen molar-refractivity contribution in [3.8, 4) is 0 Å². The van der Waals surface area contributed by atoms with Crippen LogP contribution in [0.15, 0.2) is 36.5 Å². The highest BCUT2D eigenvalue weighted by Crippen LogP contribution is 2.27. The number of anilines is 2. The molecule has 0 unspecified atom stereocenters. The van der Waals surface area contributed by atoms with Crippen molar-refractivity contribution in [1.82, 2.24) is 15.0 Å². The van der Waals surface area contributed by atoms with Crippen LogP contribution in [0.5, 0.6) is 0 Å². The number of rotatable bonds is 5. The molecule has 2 atom stereocenters. The number of aryl methyl sites for hydroxylation is 1. The number of para-hydroxylation sites is 1. The third-order valence-corrected chi connectivity index (χ3v) is 5.52. The number of benzene rings is 1. The number of fused-ring (bicyclic) bond motifs is 1. The maximum Gasteiger partial charge on any atom is 0.227 e. The van der Waals surface area contributed by atoms with Gasteiger partial charge in [0.15, 0.2) is 0 Å². The Bertz CT molecular complexity index is 983. The number of aromatic nitrogens is 3. The molecule has 0 amide bonds. The normalized spacial score (nSPS) is 19.1. The van der Waals surface area contributed by atoms with E-state index in [1.807, 2.05) is 38.2 Å². The second-order valence-electron chi connectivity index (χ2n) is 7.72. The first-order valence-electron chi connectivity index (χ1n) is 9.72. The van der Waals surface area contributed by atoms with Crippen LogP contribution in [0, 0.1) is 19.8 Å². The zero-order chi connectivity index (χ0) is 19.7. The van der Waals surface area contributed by atoms with E-state index in [9.17, 15) is 0 Å². The van der Waals surface area contributed by atoms with Crippen LogP contribution in [0.1, 0.15) is 16.8 Å². The van der Waals surface area contributed by atoms with E-state index in [-0.39, 0.29) is 6.04 Å². The second-order valence-corrected chi connectivity index (χ2v) is 7.72. The molecule has 0 bridgehead atoms. The Kier molecular flexibility index (Phi) is 5.13. The van der Waals surface area contributed by atoms with Crippen LogP contribution in [0.25, 0.3) is 10.9 Å². The van der Waals surface area contributed by atoms with Crippen molar-refractivity contribution >= 4 is 22.7 Å². The van der Waals surface area contributed by atoms with Gasteiger partial charge < -0.3 is 15.0 Å². The average molecular weight is 377 g/mol. The number of nitrogens with one attached hydrogen (secondary N) is 1. The molecule has 146 valence electrons. The van der Waals surface area contributed by atoms with Crippen LogP contribution in [0.3, 0.4) is 0 Å². The summed E-state index contributed by atoms with van der Waals surface area (Å²) in [5, 5.41) is 4.87. The zero-order valence-electron chi connectivity index (χ0n) is 16.9. The molecule has 1 aliphatic heterocycles. The van der Waals surface area contributed by atoms with Crippen molar-refractivity contribution in [3.63, 3.8) is 0 Å². The van der Waals surface area contributed by atoms with E-state index in [1.54, 1.807) is 0 Å². The van der Waals surface area contributed by atoms with Gasteiger partial charge in [-0.25, -0.2) is 4.98 Å². The van der Waals surface area contributed by atoms with Crippen LogP contribution in [-0.4, -0.2) is 48.3 Å². The molecule has 1 N–H and O–H groups in total. The number of nitrogens with zero attached hydrogens (tertiary/aromatic N) is 4. The minimum atomic E-state index is 0.218. The van der Waals surface area contributed by atoms with Crippen LogP contribution >= 0.6 is 0 Å². The third-order valence-electron chi connectivity index (χ3n) is 5.52. The molecule has 0 saturated carbocycles. The molecule has 2 aromatic heterocycles. The maximum atomic E-state index is 5.84. The predicted molar refractivity (Wildman–Crippen MR) is 113 cm³/mol. The van der Waals surface area contributed by atoms with Gasteiger partial charge in [0.1, 0.15) is 5.82 Å². The van der Waals surface area contributed by atoms with E-state index in [2.05, 4.69) is 46.5 Å². The largest absolute Gasteiger partial charge is 0.379 e. The van der Waals surface area contributed by atoms with Crippen molar-refractivity contribution in [2.24, 2.45) is 5.92 Å². The zero-order valence-corrected chi connectivity index (χ0v) is 16.9. The molecule has 6 nitrogen and oxygen atoms in total. The molecule has 28 heavy (non-hydrogen) atoms. The van der Waals surface area contributed by atoms with E-state index in [1.165, 1.54) is 10.9 Å². The summed E-state index contributed by atoms with van der Waals surface area (Å²) in [6.07, 6.45) is 2.85. The Morgan fingerprint density at radius 3 is 2.75 bits per heavy atom. The Hall–Kier alpha value is -2.73. The van der Waals surface area contributed by atoms with E-state index in [0.717, 1.165) is 41.6 Å². The van der Waals surface area contributed by atoms with Gasteiger partial charge in [0.05, 0.1) is 24.8 Å². The van der Waals surface area contributed by atoms with Gasteiger partial charge in [0.25, 0.3) is 0 Å². The third kappa shape index (κ3) is 3.64. The summed E-state index contributed by atoms with van der Waals surface area (Å²) in [6, 6.07) is 10.7. The van der Waals surface area contributed by atoms with Gasteiger partial charge in [0, 0.05) is 42.9 Å². The van der Waals surface area contributed by atoms with Crippen molar-refractivity contribution in [1.29, 1.82) is 0 Å². The predicted octanol–water partition coefficient (Wildman–Crippen LogP) is 3.38. The lowest BCUT2D eigenvalue weighted by Gasteiger charge is -2.23. The Balaban J connectivity index is 1.58. The molecule has 0 spiro atoms. The van der Waals surface area contributed by atoms with E-state index < -0.39 is 0 Å². The fourth-order valence-electron chi connectivity index (χ4n) is 3.71. The van der Waals surface area contributed by atoms with Crippen LogP contribution in [0.4, 0.5) is 11.8 Å². The van der Waals surface area contributed by atoms with Crippen molar-refractivity contribution < 1.29 is 4.74 Å². The lowest BCUT2D eigenvalue weighted by Crippen LogP contribution is -2.30. The number of pyridine rings is 1. The molecule has 0 radical (unpaired) electrons. The minimum absolute atomic E-state index is 0.218. The quantitative estimate of drug-likeness (QED) is 0.735. The molecular formula is C22H27N5O. The van der Waals surface area contributed by atoms with Gasteiger partial charge in [-0.3, -0.25) is 4.98 Å². The average Bonchev–Trinajstić information content (AvgIpc) is 3.12. The molecule has 1 aromatic carbocycles. The summed E-state index contributed by atoms with van der Waals surface area (Å²) < 4.78 is 5.84. The second kappa shape index (κ2) is 7.72. The number of ether oxygens (including phenoxy) is 1. The lowest BCUT2D eigenvalue weighted by atomic mass is 9.93. The van der Waals surface area contributed by atoms with Crippen LogP contribution in [0.2, 0.25) is 0 Å². The molecule has 3 aromatic rings. The first kappa shape index (κ1) is 18.6. The molecule has 1 saturated heterocycles. The van der Waals surface area contributed by atoms with Crippen LogP contribution in [-0.2, 0) is 11.2 Å². The molecule has 0 aliphatic carbocycles. The van der Waals surface area contributed by atoms with Gasteiger partial charge in [0.2, 0.25) is 5.95 Å². The van der Waals surface area contributed by atoms with Gasteiger partial charge in [-0.05, 0) is 38.0 Å². The minimum Gasteiger partial charge on any atom is -0.379 e. The van der Waals surface area contributed by atoms with Gasteiger partial charge in [-0.1, -0.05) is 18.2 Å². The molecule has 1 fully saturated rings. The SMILES string of the molecule is Cc1nc(N(C)C)nc(N[C@@H]2COC[C@H]2Cc2ccnc3ccccc23)c1C. The molecular weight excluding hydrogens is 350 g/mol. The molecule has 4 rings (SSSR count). The summed E-state index contributed by atoms with van der Waals surface area (Å²) in [5.74, 6) is 2.00. The van der Waals surface area contributed by atoms with Gasteiger partial charge >= 0.3 is 0 Å².